The lowest BCUT2D eigenvalue weighted by Gasteiger charge is -2.44. The lowest BCUT2D eigenvalue weighted by atomic mass is 9.85. The predicted octanol–water partition coefficient (Wildman–Crippen LogP) is 2.82. The van der Waals surface area contributed by atoms with Crippen molar-refractivity contribution in [3.63, 3.8) is 0 Å². The first-order valence-electron chi connectivity index (χ1n) is 8.39. The van der Waals surface area contributed by atoms with E-state index in [0.717, 1.165) is 6.54 Å². The van der Waals surface area contributed by atoms with Crippen LogP contribution >= 0.6 is 0 Å². The van der Waals surface area contributed by atoms with Gasteiger partial charge in [-0.2, -0.15) is 0 Å². The summed E-state index contributed by atoms with van der Waals surface area (Å²) in [5, 5.41) is 3.71. The zero-order valence-corrected chi connectivity index (χ0v) is 14.9. The maximum Gasteiger partial charge on any atom is 0.0244 e. The standard InChI is InChI=1S/C17H37N3/c1-14(2)19(7)10-8-9-11-20-13-16(17(4,5)6)18-12-15(20)3/h14-16,18H,8-13H2,1-7H3. The fourth-order valence-corrected chi connectivity index (χ4v) is 2.75. The van der Waals surface area contributed by atoms with Crippen LogP contribution in [0.2, 0.25) is 0 Å². The molecule has 1 saturated heterocycles. The molecular formula is C17H37N3. The van der Waals surface area contributed by atoms with E-state index in [1.807, 2.05) is 0 Å². The lowest BCUT2D eigenvalue weighted by Crippen LogP contribution is -2.59. The van der Waals surface area contributed by atoms with Gasteiger partial charge in [-0.3, -0.25) is 4.90 Å². The van der Waals surface area contributed by atoms with Crippen molar-refractivity contribution in [1.82, 2.24) is 15.1 Å². The van der Waals surface area contributed by atoms with Crippen molar-refractivity contribution in [3.8, 4) is 0 Å². The zero-order valence-electron chi connectivity index (χ0n) is 14.9. The van der Waals surface area contributed by atoms with Crippen molar-refractivity contribution in [3.05, 3.63) is 0 Å². The molecule has 1 aliphatic heterocycles. The summed E-state index contributed by atoms with van der Waals surface area (Å²) >= 11 is 0. The summed E-state index contributed by atoms with van der Waals surface area (Å²) in [4.78, 5) is 5.13. The molecule has 1 aliphatic rings. The van der Waals surface area contributed by atoms with Crippen molar-refractivity contribution < 1.29 is 0 Å². The van der Waals surface area contributed by atoms with Crippen molar-refractivity contribution >= 4 is 0 Å². The van der Waals surface area contributed by atoms with E-state index in [4.69, 9.17) is 0 Å². The molecule has 3 nitrogen and oxygen atoms in total. The van der Waals surface area contributed by atoms with Crippen LogP contribution in [-0.2, 0) is 0 Å². The highest BCUT2D eigenvalue weighted by Crippen LogP contribution is 2.23. The molecule has 0 spiro atoms. The van der Waals surface area contributed by atoms with E-state index in [-0.39, 0.29) is 0 Å². The molecule has 1 N–H and O–H groups in total. The summed E-state index contributed by atoms with van der Waals surface area (Å²) in [5.74, 6) is 0. The van der Waals surface area contributed by atoms with Crippen LogP contribution in [0.3, 0.4) is 0 Å². The molecular weight excluding hydrogens is 246 g/mol. The topological polar surface area (TPSA) is 18.5 Å². The van der Waals surface area contributed by atoms with E-state index < -0.39 is 0 Å². The van der Waals surface area contributed by atoms with Crippen LogP contribution in [0.15, 0.2) is 0 Å². The monoisotopic (exact) mass is 283 g/mol. The number of unbranched alkanes of at least 4 members (excludes halogenated alkanes) is 1. The van der Waals surface area contributed by atoms with Crippen molar-refractivity contribution in [2.75, 3.05) is 33.2 Å². The molecule has 0 aromatic heterocycles. The first kappa shape index (κ1) is 17.9. The maximum absolute atomic E-state index is 3.71. The van der Waals surface area contributed by atoms with E-state index in [9.17, 15) is 0 Å². The van der Waals surface area contributed by atoms with Crippen LogP contribution in [0.5, 0.6) is 0 Å². The van der Waals surface area contributed by atoms with Gasteiger partial charge in [0.05, 0.1) is 0 Å². The quantitative estimate of drug-likeness (QED) is 0.756. The second-order valence-electron chi connectivity index (χ2n) is 7.95. The minimum absolute atomic E-state index is 0.357. The highest BCUT2D eigenvalue weighted by molar-refractivity contribution is 4.90. The Hall–Kier alpha value is -0.120. The van der Waals surface area contributed by atoms with E-state index in [1.54, 1.807) is 0 Å². The maximum atomic E-state index is 3.71. The fourth-order valence-electron chi connectivity index (χ4n) is 2.75. The summed E-state index contributed by atoms with van der Waals surface area (Å²) in [6.07, 6.45) is 2.63. The molecule has 1 rings (SSSR count). The Kier molecular flexibility index (Phi) is 6.96. The van der Waals surface area contributed by atoms with Gasteiger partial charge in [-0.05, 0) is 59.2 Å². The Bertz CT molecular complexity index is 270. The average molecular weight is 284 g/mol. The van der Waals surface area contributed by atoms with E-state index in [0.29, 0.717) is 23.5 Å². The molecule has 0 bridgehead atoms. The molecule has 0 aromatic carbocycles. The molecule has 0 amide bonds. The molecule has 120 valence electrons. The molecule has 3 heteroatoms. The Morgan fingerprint density at radius 1 is 1.25 bits per heavy atom. The van der Waals surface area contributed by atoms with Gasteiger partial charge < -0.3 is 10.2 Å². The summed E-state index contributed by atoms with van der Waals surface area (Å²) < 4.78 is 0. The van der Waals surface area contributed by atoms with Crippen LogP contribution in [0, 0.1) is 5.41 Å². The Balaban J connectivity index is 2.31. The number of nitrogens with one attached hydrogen (secondary N) is 1. The van der Waals surface area contributed by atoms with E-state index >= 15 is 0 Å². The van der Waals surface area contributed by atoms with Crippen molar-refractivity contribution in [1.29, 1.82) is 0 Å². The Labute approximate surface area is 127 Å². The van der Waals surface area contributed by atoms with Crippen molar-refractivity contribution in [2.45, 2.75) is 72.5 Å². The average Bonchev–Trinajstić information content (AvgIpc) is 2.34. The highest BCUT2D eigenvalue weighted by atomic mass is 15.2. The molecule has 0 aromatic rings. The van der Waals surface area contributed by atoms with Crippen LogP contribution in [-0.4, -0.2) is 61.2 Å². The molecule has 2 atom stereocenters. The highest BCUT2D eigenvalue weighted by Gasteiger charge is 2.31. The largest absolute Gasteiger partial charge is 0.311 e. The summed E-state index contributed by atoms with van der Waals surface area (Å²) in [6.45, 7) is 18.7. The lowest BCUT2D eigenvalue weighted by molar-refractivity contribution is 0.0912. The fraction of sp³-hybridized carbons (Fsp3) is 1.00. The third-order valence-corrected chi connectivity index (χ3v) is 4.83. The molecule has 20 heavy (non-hydrogen) atoms. The normalized spacial score (nSPS) is 25.6. The van der Waals surface area contributed by atoms with Crippen LogP contribution in [0.25, 0.3) is 0 Å². The third kappa shape index (κ3) is 5.71. The first-order valence-corrected chi connectivity index (χ1v) is 8.39. The first-order chi connectivity index (χ1) is 9.21. The smallest absolute Gasteiger partial charge is 0.0244 e. The second-order valence-corrected chi connectivity index (χ2v) is 7.95. The van der Waals surface area contributed by atoms with Gasteiger partial charge in [-0.15, -0.1) is 0 Å². The predicted molar refractivity (Wildman–Crippen MR) is 89.3 cm³/mol. The summed E-state index contributed by atoms with van der Waals surface area (Å²) in [6, 6.07) is 1.96. The minimum atomic E-state index is 0.357. The van der Waals surface area contributed by atoms with Gasteiger partial charge in [0.2, 0.25) is 0 Å². The number of rotatable bonds is 6. The Morgan fingerprint density at radius 2 is 1.90 bits per heavy atom. The number of nitrogens with zero attached hydrogens (tertiary/aromatic N) is 2. The van der Waals surface area contributed by atoms with Crippen LogP contribution < -0.4 is 5.32 Å². The number of piperazine rings is 1. The molecule has 1 heterocycles. The van der Waals surface area contributed by atoms with Crippen LogP contribution in [0.4, 0.5) is 0 Å². The van der Waals surface area contributed by atoms with E-state index in [1.165, 1.54) is 32.5 Å². The van der Waals surface area contributed by atoms with Gasteiger partial charge >= 0.3 is 0 Å². The summed E-state index contributed by atoms with van der Waals surface area (Å²) in [5.41, 5.74) is 0.357. The van der Waals surface area contributed by atoms with Gasteiger partial charge in [0.25, 0.3) is 0 Å². The Morgan fingerprint density at radius 3 is 2.45 bits per heavy atom. The van der Waals surface area contributed by atoms with Gasteiger partial charge in [0.1, 0.15) is 0 Å². The molecule has 2 unspecified atom stereocenters. The summed E-state index contributed by atoms with van der Waals surface area (Å²) in [7, 11) is 2.23. The third-order valence-electron chi connectivity index (χ3n) is 4.83. The van der Waals surface area contributed by atoms with E-state index in [2.05, 4.69) is 63.7 Å². The number of hydrogen-bond acceptors (Lipinski definition) is 3. The van der Waals surface area contributed by atoms with Crippen LogP contribution in [0.1, 0.15) is 54.4 Å². The molecule has 0 radical (unpaired) electrons. The van der Waals surface area contributed by atoms with Gasteiger partial charge in [0.15, 0.2) is 0 Å². The SMILES string of the molecule is CC(C)N(C)CCCCN1CC(C(C)(C)C)NCC1C. The molecule has 1 fully saturated rings. The van der Waals surface area contributed by atoms with Crippen molar-refractivity contribution in [2.24, 2.45) is 5.41 Å². The minimum Gasteiger partial charge on any atom is -0.311 e. The molecule has 0 aliphatic carbocycles. The second kappa shape index (κ2) is 7.77. The molecule has 0 saturated carbocycles. The van der Waals surface area contributed by atoms with Gasteiger partial charge in [-0.25, -0.2) is 0 Å². The number of hydrogen-bond donors (Lipinski definition) is 1. The zero-order chi connectivity index (χ0) is 15.3. The van der Waals surface area contributed by atoms with Gasteiger partial charge in [0, 0.05) is 31.2 Å². The van der Waals surface area contributed by atoms with Gasteiger partial charge in [-0.1, -0.05) is 20.8 Å².